The zero-order chi connectivity index (χ0) is 18.1. The summed E-state index contributed by atoms with van der Waals surface area (Å²) in [5.41, 5.74) is 2.10. The smallest absolute Gasteiger partial charge is 0.229 e. The number of rotatable bonds is 4. The van der Waals surface area contributed by atoms with Gasteiger partial charge in [0.25, 0.3) is 0 Å². The van der Waals surface area contributed by atoms with E-state index in [0.717, 1.165) is 42.4 Å². The number of nitrogens with one attached hydrogen (secondary N) is 1. The molecule has 0 spiro atoms. The maximum absolute atomic E-state index is 4.87. The summed E-state index contributed by atoms with van der Waals surface area (Å²) in [6.07, 6.45) is 3.11. The Labute approximate surface area is 154 Å². The molecule has 6 heteroatoms. The van der Waals surface area contributed by atoms with Gasteiger partial charge in [-0.1, -0.05) is 44.2 Å². The summed E-state index contributed by atoms with van der Waals surface area (Å²) < 4.78 is 1.82. The van der Waals surface area contributed by atoms with E-state index in [2.05, 4.69) is 53.4 Å². The average Bonchev–Trinajstić information content (AvgIpc) is 3.01. The van der Waals surface area contributed by atoms with E-state index < -0.39 is 0 Å². The lowest BCUT2D eigenvalue weighted by molar-refractivity contribution is 0.354. The number of aryl methyl sites for hydroxylation is 1. The van der Waals surface area contributed by atoms with Gasteiger partial charge in [0.15, 0.2) is 5.65 Å². The second kappa shape index (κ2) is 6.94. The third-order valence-electron chi connectivity index (χ3n) is 5.03. The molecule has 26 heavy (non-hydrogen) atoms. The van der Waals surface area contributed by atoms with Crippen molar-refractivity contribution in [3.8, 4) is 0 Å². The van der Waals surface area contributed by atoms with Crippen LogP contribution in [0.4, 0.5) is 11.8 Å². The van der Waals surface area contributed by atoms with Gasteiger partial charge in [-0.25, -0.2) is 0 Å². The van der Waals surface area contributed by atoms with Crippen LogP contribution >= 0.6 is 0 Å². The Morgan fingerprint density at radius 1 is 1.08 bits per heavy atom. The maximum Gasteiger partial charge on any atom is 0.229 e. The molecule has 6 nitrogen and oxygen atoms in total. The minimum atomic E-state index is 0.658. The zero-order valence-corrected chi connectivity index (χ0v) is 15.7. The van der Waals surface area contributed by atoms with Gasteiger partial charge in [0, 0.05) is 26.7 Å². The van der Waals surface area contributed by atoms with Crippen molar-refractivity contribution in [2.24, 2.45) is 18.9 Å². The normalized spacial score (nSPS) is 20.5. The van der Waals surface area contributed by atoms with Crippen LogP contribution in [-0.2, 0) is 13.6 Å². The molecule has 0 radical (unpaired) electrons. The number of hydrogen-bond acceptors (Lipinski definition) is 5. The highest BCUT2D eigenvalue weighted by Gasteiger charge is 2.25. The summed E-state index contributed by atoms with van der Waals surface area (Å²) in [4.78, 5) is 12.0. The van der Waals surface area contributed by atoms with Crippen molar-refractivity contribution in [1.29, 1.82) is 0 Å². The van der Waals surface area contributed by atoms with Gasteiger partial charge in [0.05, 0.1) is 11.6 Å². The summed E-state index contributed by atoms with van der Waals surface area (Å²) in [6.45, 7) is 7.35. The number of nitrogens with zero attached hydrogens (tertiary/aromatic N) is 5. The molecule has 0 unspecified atom stereocenters. The molecule has 3 heterocycles. The molecule has 0 aliphatic carbocycles. The lowest BCUT2D eigenvalue weighted by Gasteiger charge is -2.35. The van der Waals surface area contributed by atoms with Gasteiger partial charge in [0.1, 0.15) is 5.82 Å². The SMILES string of the molecule is C[C@@H]1C[C@H](C)CN(c2nc(NCc3ccccc3)c3cnn(C)c3n2)C1. The Morgan fingerprint density at radius 2 is 1.81 bits per heavy atom. The van der Waals surface area contributed by atoms with Crippen LogP contribution in [0, 0.1) is 11.8 Å². The van der Waals surface area contributed by atoms with Gasteiger partial charge in [-0.3, -0.25) is 4.68 Å². The Morgan fingerprint density at radius 3 is 2.54 bits per heavy atom. The van der Waals surface area contributed by atoms with Gasteiger partial charge < -0.3 is 10.2 Å². The van der Waals surface area contributed by atoms with Crippen LogP contribution in [0.25, 0.3) is 11.0 Å². The van der Waals surface area contributed by atoms with Crippen molar-refractivity contribution in [2.75, 3.05) is 23.3 Å². The topological polar surface area (TPSA) is 58.9 Å². The number of anilines is 2. The van der Waals surface area contributed by atoms with Gasteiger partial charge in [-0.05, 0) is 23.8 Å². The highest BCUT2D eigenvalue weighted by molar-refractivity contribution is 5.87. The molecule has 1 aromatic carbocycles. The largest absolute Gasteiger partial charge is 0.365 e. The minimum Gasteiger partial charge on any atom is -0.365 e. The quantitative estimate of drug-likeness (QED) is 0.781. The van der Waals surface area contributed by atoms with Crippen molar-refractivity contribution in [3.63, 3.8) is 0 Å². The van der Waals surface area contributed by atoms with Crippen LogP contribution in [0.1, 0.15) is 25.8 Å². The highest BCUT2D eigenvalue weighted by atomic mass is 15.3. The lowest BCUT2D eigenvalue weighted by atomic mass is 9.92. The fourth-order valence-corrected chi connectivity index (χ4v) is 3.89. The number of hydrogen-bond donors (Lipinski definition) is 1. The molecule has 136 valence electrons. The molecular formula is C20H26N6. The molecule has 1 saturated heterocycles. The zero-order valence-electron chi connectivity index (χ0n) is 15.7. The van der Waals surface area contributed by atoms with Crippen LogP contribution in [0.5, 0.6) is 0 Å². The van der Waals surface area contributed by atoms with Crippen molar-refractivity contribution >= 4 is 22.8 Å². The van der Waals surface area contributed by atoms with Crippen molar-refractivity contribution in [2.45, 2.75) is 26.8 Å². The van der Waals surface area contributed by atoms with Gasteiger partial charge >= 0.3 is 0 Å². The first-order valence-electron chi connectivity index (χ1n) is 9.32. The van der Waals surface area contributed by atoms with E-state index in [0.29, 0.717) is 11.8 Å². The lowest BCUT2D eigenvalue weighted by Crippen LogP contribution is -2.39. The van der Waals surface area contributed by atoms with Crippen LogP contribution in [-0.4, -0.2) is 32.8 Å². The van der Waals surface area contributed by atoms with Crippen molar-refractivity contribution in [1.82, 2.24) is 19.7 Å². The second-order valence-electron chi connectivity index (χ2n) is 7.57. The third-order valence-corrected chi connectivity index (χ3v) is 5.03. The molecule has 3 aromatic rings. The Kier molecular flexibility index (Phi) is 4.49. The van der Waals surface area contributed by atoms with E-state index in [4.69, 9.17) is 9.97 Å². The first kappa shape index (κ1) is 16.8. The molecule has 2 atom stereocenters. The molecule has 4 rings (SSSR count). The summed E-state index contributed by atoms with van der Waals surface area (Å²) in [5, 5.41) is 8.83. The molecule has 0 amide bonds. The Balaban J connectivity index is 1.67. The fraction of sp³-hybridized carbons (Fsp3) is 0.450. The number of fused-ring (bicyclic) bond motifs is 1. The third kappa shape index (κ3) is 3.36. The van der Waals surface area contributed by atoms with E-state index in [9.17, 15) is 0 Å². The summed E-state index contributed by atoms with van der Waals surface area (Å²) >= 11 is 0. The number of benzene rings is 1. The molecule has 1 aliphatic heterocycles. The average molecular weight is 350 g/mol. The van der Waals surface area contributed by atoms with Crippen molar-refractivity contribution in [3.05, 3.63) is 42.1 Å². The molecule has 1 fully saturated rings. The maximum atomic E-state index is 4.87. The molecule has 0 bridgehead atoms. The van der Waals surface area contributed by atoms with Crippen molar-refractivity contribution < 1.29 is 0 Å². The summed E-state index contributed by atoms with van der Waals surface area (Å²) in [5.74, 6) is 2.97. The summed E-state index contributed by atoms with van der Waals surface area (Å²) in [6, 6.07) is 10.4. The predicted octanol–water partition coefficient (Wildman–Crippen LogP) is 3.46. The minimum absolute atomic E-state index is 0.658. The number of piperidine rings is 1. The molecule has 2 aromatic heterocycles. The van der Waals surface area contributed by atoms with Gasteiger partial charge in [-0.15, -0.1) is 0 Å². The Hall–Kier alpha value is -2.63. The van der Waals surface area contributed by atoms with E-state index in [-0.39, 0.29) is 0 Å². The van der Waals surface area contributed by atoms with Gasteiger partial charge in [0.2, 0.25) is 5.95 Å². The van der Waals surface area contributed by atoms with E-state index >= 15 is 0 Å². The van der Waals surface area contributed by atoms with Crippen LogP contribution in [0.15, 0.2) is 36.5 Å². The summed E-state index contributed by atoms with van der Waals surface area (Å²) in [7, 11) is 1.93. The monoisotopic (exact) mass is 350 g/mol. The van der Waals surface area contributed by atoms with E-state index in [1.807, 2.05) is 24.0 Å². The van der Waals surface area contributed by atoms with Gasteiger partial charge in [-0.2, -0.15) is 15.1 Å². The fourth-order valence-electron chi connectivity index (χ4n) is 3.89. The highest BCUT2D eigenvalue weighted by Crippen LogP contribution is 2.28. The van der Waals surface area contributed by atoms with E-state index in [1.54, 1.807) is 0 Å². The van der Waals surface area contributed by atoms with Crippen LogP contribution in [0.3, 0.4) is 0 Å². The molecule has 1 aliphatic rings. The van der Waals surface area contributed by atoms with E-state index in [1.165, 1.54) is 12.0 Å². The second-order valence-corrected chi connectivity index (χ2v) is 7.57. The first-order chi connectivity index (χ1) is 12.6. The molecular weight excluding hydrogens is 324 g/mol. The standard InChI is InChI=1S/C20H26N6/c1-14-9-15(2)13-26(12-14)20-23-18(17-11-22-25(3)19(17)24-20)21-10-16-7-5-4-6-8-16/h4-8,11,14-15H,9-10,12-13H2,1-3H3,(H,21,23,24)/t14-,15+. The molecule has 0 saturated carbocycles. The van der Waals surface area contributed by atoms with Crippen LogP contribution < -0.4 is 10.2 Å². The van der Waals surface area contributed by atoms with Crippen LogP contribution in [0.2, 0.25) is 0 Å². The predicted molar refractivity (Wildman–Crippen MR) is 105 cm³/mol. The molecule has 1 N–H and O–H groups in total. The first-order valence-corrected chi connectivity index (χ1v) is 9.32. The Bertz CT molecular complexity index is 878. The number of aromatic nitrogens is 4.